The molecule has 4 aliphatic carbocycles. The number of carbonyl (C=O) groups excluding carboxylic acids is 1. The van der Waals surface area contributed by atoms with Gasteiger partial charge in [-0.2, -0.15) is 0 Å². The smallest absolute Gasteiger partial charge is 0.236 e. The third kappa shape index (κ3) is 2.61. The van der Waals surface area contributed by atoms with Crippen LogP contribution >= 0.6 is 0 Å². The van der Waals surface area contributed by atoms with E-state index in [0.29, 0.717) is 18.4 Å². The van der Waals surface area contributed by atoms with Crippen molar-refractivity contribution in [1.29, 1.82) is 0 Å². The van der Waals surface area contributed by atoms with Crippen LogP contribution in [0.1, 0.15) is 52.4 Å². The molecule has 0 saturated heterocycles. The lowest BCUT2D eigenvalue weighted by Crippen LogP contribution is -2.65. The lowest BCUT2D eigenvalue weighted by molar-refractivity contribution is -0.174. The van der Waals surface area contributed by atoms with Gasteiger partial charge in [0.25, 0.3) is 0 Å². The van der Waals surface area contributed by atoms with E-state index in [0.717, 1.165) is 32.4 Å². The lowest BCUT2D eigenvalue weighted by Gasteiger charge is -2.62. The number of aliphatic hydroxyl groups is 1. The van der Waals surface area contributed by atoms with Crippen molar-refractivity contribution in [2.75, 3.05) is 26.7 Å². The van der Waals surface area contributed by atoms with Gasteiger partial charge in [0, 0.05) is 18.6 Å². The Hall–Kier alpha value is -0.610. The van der Waals surface area contributed by atoms with Crippen LogP contribution < -0.4 is 0 Å². The van der Waals surface area contributed by atoms with Gasteiger partial charge in [0.15, 0.2) is 0 Å². The van der Waals surface area contributed by atoms with Crippen molar-refractivity contribution >= 4 is 5.91 Å². The fourth-order valence-corrected chi connectivity index (χ4v) is 5.66. The Morgan fingerprint density at radius 3 is 2.19 bits per heavy atom. The Balaban J connectivity index is 1.72. The van der Waals surface area contributed by atoms with Crippen LogP contribution in [0.2, 0.25) is 0 Å². The van der Waals surface area contributed by atoms with E-state index in [4.69, 9.17) is 0 Å². The summed E-state index contributed by atoms with van der Waals surface area (Å²) in [5, 5.41) is 10.8. The average molecular weight is 294 g/mol. The molecule has 1 amide bonds. The maximum Gasteiger partial charge on any atom is 0.236 e. The Bertz CT molecular complexity index is 405. The molecule has 0 spiro atoms. The molecule has 0 aromatic carbocycles. The first kappa shape index (κ1) is 15.3. The molecule has 21 heavy (non-hydrogen) atoms. The highest BCUT2D eigenvalue weighted by Crippen LogP contribution is 2.59. The van der Waals surface area contributed by atoms with E-state index < -0.39 is 5.60 Å². The number of likely N-dealkylation sites (N-methyl/N-ethyl adjacent to an activating group) is 2. The zero-order chi connectivity index (χ0) is 15.3. The van der Waals surface area contributed by atoms with Gasteiger partial charge < -0.3 is 10.0 Å². The van der Waals surface area contributed by atoms with Crippen molar-refractivity contribution in [2.24, 2.45) is 11.8 Å². The third-order valence-electron chi connectivity index (χ3n) is 6.30. The summed E-state index contributed by atoms with van der Waals surface area (Å²) in [6.07, 6.45) is 6.49. The van der Waals surface area contributed by atoms with Crippen molar-refractivity contribution in [3.05, 3.63) is 0 Å². The highest BCUT2D eigenvalue weighted by Gasteiger charge is 2.58. The van der Waals surface area contributed by atoms with Gasteiger partial charge in [0.2, 0.25) is 5.91 Å². The second kappa shape index (κ2) is 5.24. The summed E-state index contributed by atoms with van der Waals surface area (Å²) in [6, 6.07) is 0. The Morgan fingerprint density at radius 2 is 1.71 bits per heavy atom. The summed E-state index contributed by atoms with van der Waals surface area (Å²) in [6.45, 7) is 6.14. The van der Waals surface area contributed by atoms with Gasteiger partial charge in [-0.05, 0) is 71.3 Å². The summed E-state index contributed by atoms with van der Waals surface area (Å²) in [4.78, 5) is 16.6. The van der Waals surface area contributed by atoms with E-state index in [2.05, 4.69) is 11.9 Å². The molecule has 4 aliphatic rings. The minimum atomic E-state index is -0.448. The minimum absolute atomic E-state index is 0.0711. The number of nitrogens with zero attached hydrogens (tertiary/aromatic N) is 2. The summed E-state index contributed by atoms with van der Waals surface area (Å²) >= 11 is 0. The van der Waals surface area contributed by atoms with E-state index in [1.165, 1.54) is 19.3 Å². The fraction of sp³-hybridized carbons (Fsp3) is 0.941. The molecule has 0 aliphatic heterocycles. The summed E-state index contributed by atoms with van der Waals surface area (Å²) < 4.78 is 0. The van der Waals surface area contributed by atoms with Gasteiger partial charge >= 0.3 is 0 Å². The fourth-order valence-electron chi connectivity index (χ4n) is 5.66. The zero-order valence-electron chi connectivity index (χ0n) is 13.8. The third-order valence-corrected chi connectivity index (χ3v) is 6.30. The van der Waals surface area contributed by atoms with E-state index in [1.54, 1.807) is 0 Å². The Kier molecular flexibility index (Phi) is 3.81. The van der Waals surface area contributed by atoms with Crippen LogP contribution in [-0.4, -0.2) is 58.6 Å². The van der Waals surface area contributed by atoms with E-state index >= 15 is 0 Å². The van der Waals surface area contributed by atoms with Crippen molar-refractivity contribution in [3.63, 3.8) is 0 Å². The van der Waals surface area contributed by atoms with Gasteiger partial charge in [0.05, 0.1) is 12.1 Å². The molecule has 2 atom stereocenters. The normalized spacial score (nSPS) is 40.8. The van der Waals surface area contributed by atoms with E-state index in [1.807, 2.05) is 18.7 Å². The van der Waals surface area contributed by atoms with Crippen LogP contribution in [0.25, 0.3) is 0 Å². The second-order valence-electron chi connectivity index (χ2n) is 7.83. The van der Waals surface area contributed by atoms with Gasteiger partial charge in [-0.3, -0.25) is 9.69 Å². The zero-order valence-corrected chi connectivity index (χ0v) is 13.8. The highest BCUT2D eigenvalue weighted by molar-refractivity contribution is 5.78. The average Bonchev–Trinajstić information content (AvgIpc) is 2.37. The van der Waals surface area contributed by atoms with Crippen LogP contribution in [0.5, 0.6) is 0 Å². The molecule has 4 rings (SSSR count). The first-order chi connectivity index (χ1) is 9.89. The molecule has 1 N–H and O–H groups in total. The SMILES string of the molecule is CCN(CC)C(=O)CN(C)C12CC3CC(CC(O)(C3)C1)C2. The van der Waals surface area contributed by atoms with Gasteiger partial charge in [-0.25, -0.2) is 0 Å². The molecule has 4 saturated carbocycles. The topological polar surface area (TPSA) is 43.8 Å². The van der Waals surface area contributed by atoms with E-state index in [9.17, 15) is 9.90 Å². The monoisotopic (exact) mass is 294 g/mol. The number of rotatable bonds is 5. The summed E-state index contributed by atoms with van der Waals surface area (Å²) in [5.41, 5.74) is -0.377. The summed E-state index contributed by atoms with van der Waals surface area (Å²) in [7, 11) is 2.10. The predicted octanol–water partition coefficient (Wildman–Crippen LogP) is 1.87. The summed E-state index contributed by atoms with van der Waals surface area (Å²) in [5.74, 6) is 1.56. The highest BCUT2D eigenvalue weighted by atomic mass is 16.3. The van der Waals surface area contributed by atoms with Gasteiger partial charge in [0.1, 0.15) is 0 Å². The molecule has 4 bridgehead atoms. The van der Waals surface area contributed by atoms with Crippen molar-refractivity contribution < 1.29 is 9.90 Å². The first-order valence-electron chi connectivity index (χ1n) is 8.61. The minimum Gasteiger partial charge on any atom is -0.390 e. The molecule has 120 valence electrons. The molecule has 4 fully saturated rings. The van der Waals surface area contributed by atoms with Crippen LogP contribution in [0.15, 0.2) is 0 Å². The van der Waals surface area contributed by atoms with Crippen molar-refractivity contribution in [2.45, 2.75) is 63.5 Å². The Labute approximate surface area is 128 Å². The lowest BCUT2D eigenvalue weighted by atomic mass is 9.50. The molecular weight excluding hydrogens is 264 g/mol. The molecule has 0 heterocycles. The predicted molar refractivity (Wildman–Crippen MR) is 82.9 cm³/mol. The maximum atomic E-state index is 12.4. The van der Waals surface area contributed by atoms with Crippen molar-refractivity contribution in [1.82, 2.24) is 9.80 Å². The molecule has 0 aromatic rings. The molecule has 0 aromatic heterocycles. The van der Waals surface area contributed by atoms with Gasteiger partial charge in [-0.1, -0.05) is 0 Å². The second-order valence-corrected chi connectivity index (χ2v) is 7.83. The van der Waals surface area contributed by atoms with Crippen LogP contribution in [-0.2, 0) is 4.79 Å². The first-order valence-corrected chi connectivity index (χ1v) is 8.61. The number of carbonyl (C=O) groups is 1. The molecule has 4 nitrogen and oxygen atoms in total. The number of hydrogen-bond donors (Lipinski definition) is 1. The molecule has 2 unspecified atom stereocenters. The van der Waals surface area contributed by atoms with Crippen LogP contribution in [0.3, 0.4) is 0 Å². The largest absolute Gasteiger partial charge is 0.390 e. The van der Waals surface area contributed by atoms with E-state index in [-0.39, 0.29) is 11.4 Å². The maximum absolute atomic E-state index is 12.4. The molecule has 0 radical (unpaired) electrons. The Morgan fingerprint density at radius 1 is 1.14 bits per heavy atom. The quantitative estimate of drug-likeness (QED) is 0.842. The molecule has 4 heteroatoms. The van der Waals surface area contributed by atoms with Crippen molar-refractivity contribution in [3.8, 4) is 0 Å². The van der Waals surface area contributed by atoms with Crippen LogP contribution in [0.4, 0.5) is 0 Å². The molecular formula is C17H30N2O2. The number of hydrogen-bond acceptors (Lipinski definition) is 3. The van der Waals surface area contributed by atoms with Gasteiger partial charge in [-0.15, -0.1) is 0 Å². The van der Waals surface area contributed by atoms with Crippen LogP contribution in [0, 0.1) is 11.8 Å². The number of amides is 1. The standard InChI is InChI=1S/C17H30N2O2/c1-4-19(5-2)15(20)11-18(3)16-7-13-6-14(8-16)10-17(21,9-13)12-16/h13-14,21H,4-12H2,1-3H3.